The molecule has 2 fully saturated rings. The molecule has 37 heavy (non-hydrogen) atoms. The minimum Gasteiger partial charge on any atom is -0.385 e. The Balaban J connectivity index is 1.32. The number of nitrogens with zero attached hydrogens (tertiary/aromatic N) is 2. The van der Waals surface area contributed by atoms with E-state index in [9.17, 15) is 28.3 Å². The first kappa shape index (κ1) is 25.3. The highest BCUT2D eigenvalue weighted by Crippen LogP contribution is 2.40. The Bertz CT molecular complexity index is 1260. The van der Waals surface area contributed by atoms with Crippen LogP contribution in [0.1, 0.15) is 64.7 Å². The molecule has 3 aliphatic rings. The Labute approximate surface area is 210 Å². The van der Waals surface area contributed by atoms with Crippen molar-refractivity contribution in [1.29, 1.82) is 0 Å². The van der Waals surface area contributed by atoms with Crippen LogP contribution in [0.5, 0.6) is 0 Å². The van der Waals surface area contributed by atoms with E-state index in [1.54, 1.807) is 12.1 Å². The van der Waals surface area contributed by atoms with Crippen LogP contribution in [-0.4, -0.2) is 51.8 Å². The maximum absolute atomic E-state index is 15.7. The topological polar surface area (TPSA) is 90.0 Å². The van der Waals surface area contributed by atoms with Crippen LogP contribution in [0.3, 0.4) is 0 Å². The van der Waals surface area contributed by atoms with Crippen LogP contribution >= 0.6 is 0 Å². The number of fused-ring (bicyclic) bond motifs is 1. The van der Waals surface area contributed by atoms with E-state index in [0.29, 0.717) is 19.6 Å². The summed E-state index contributed by atoms with van der Waals surface area (Å²) in [6.45, 7) is 0.787. The average molecular weight is 519 g/mol. The van der Waals surface area contributed by atoms with Crippen LogP contribution in [0.4, 0.5) is 17.6 Å². The van der Waals surface area contributed by atoms with Gasteiger partial charge in [-0.05, 0) is 30.9 Å². The molecule has 0 radical (unpaired) electrons. The van der Waals surface area contributed by atoms with Gasteiger partial charge in [0.15, 0.2) is 0 Å². The van der Waals surface area contributed by atoms with Gasteiger partial charge < -0.3 is 10.0 Å². The summed E-state index contributed by atoms with van der Waals surface area (Å²) in [4.78, 5) is 39.7. The highest BCUT2D eigenvalue weighted by molar-refractivity contribution is 6.05. The Hall–Kier alpha value is -3.31. The summed E-state index contributed by atoms with van der Waals surface area (Å²) in [5.74, 6) is -3.85. The molecule has 1 unspecified atom stereocenters. The number of amides is 3. The molecule has 0 saturated carbocycles. The fourth-order valence-electron chi connectivity index (χ4n) is 5.42. The highest BCUT2D eigenvalue weighted by Gasteiger charge is 2.45. The van der Waals surface area contributed by atoms with Crippen molar-refractivity contribution in [1.82, 2.24) is 15.1 Å². The Morgan fingerprint density at radius 3 is 2.38 bits per heavy atom. The zero-order chi connectivity index (χ0) is 26.5. The number of hydrogen-bond donors (Lipinski definition) is 2. The summed E-state index contributed by atoms with van der Waals surface area (Å²) in [6.07, 6.45) is -2.38. The third-order valence-corrected chi connectivity index (χ3v) is 7.51. The number of rotatable bonds is 5. The Morgan fingerprint density at radius 1 is 1.08 bits per heavy atom. The molecule has 2 N–H and O–H groups in total. The number of hydrogen-bond acceptors (Lipinski definition) is 5. The van der Waals surface area contributed by atoms with Gasteiger partial charge in [-0.2, -0.15) is 0 Å². The number of aliphatic hydroxyl groups is 1. The summed E-state index contributed by atoms with van der Waals surface area (Å²) >= 11 is 0. The SMILES string of the molecule is O=C1CCC(N2Cc3c(cc(F)c(C4(O)CCN(Cc5ccc(C(F)F)cc5)CC4)c3F)C2=O)C(=O)N1. The van der Waals surface area contributed by atoms with Crippen LogP contribution in [0, 0.1) is 11.6 Å². The van der Waals surface area contributed by atoms with Crippen LogP contribution in [0.25, 0.3) is 0 Å². The number of carbonyl (C=O) groups is 3. The van der Waals surface area contributed by atoms with Crippen molar-refractivity contribution in [2.24, 2.45) is 0 Å². The van der Waals surface area contributed by atoms with Crippen molar-refractivity contribution in [2.75, 3.05) is 13.1 Å². The van der Waals surface area contributed by atoms with Crippen molar-refractivity contribution in [3.63, 3.8) is 0 Å². The predicted molar refractivity (Wildman–Crippen MR) is 122 cm³/mol. The molecule has 1 atom stereocenters. The second-order valence-corrected chi connectivity index (χ2v) is 9.82. The van der Waals surface area contributed by atoms with Gasteiger partial charge in [0.1, 0.15) is 17.7 Å². The van der Waals surface area contributed by atoms with E-state index < -0.39 is 53.0 Å². The normalized spacial score (nSPS) is 21.9. The summed E-state index contributed by atoms with van der Waals surface area (Å²) in [7, 11) is 0. The standard InChI is InChI=1S/C26H25F4N3O4/c27-18-11-16-17(13-33(25(16)36)19-5-6-20(34)31-24(19)35)22(28)21(18)26(37)7-9-32(10-8-26)12-14-1-3-15(4-2-14)23(29)30/h1-4,11,19,23,37H,5-10,12-13H2,(H,31,34,35). The summed E-state index contributed by atoms with van der Waals surface area (Å²) < 4.78 is 56.4. The van der Waals surface area contributed by atoms with E-state index in [1.165, 1.54) is 12.1 Å². The molecule has 0 aliphatic carbocycles. The van der Waals surface area contributed by atoms with Crippen LogP contribution in [0.15, 0.2) is 30.3 Å². The summed E-state index contributed by atoms with van der Waals surface area (Å²) in [5.41, 5.74) is -1.85. The smallest absolute Gasteiger partial charge is 0.263 e. The number of halogens is 4. The number of carbonyl (C=O) groups excluding carboxylic acids is 3. The van der Waals surface area contributed by atoms with Crippen LogP contribution in [-0.2, 0) is 28.3 Å². The van der Waals surface area contributed by atoms with Crippen molar-refractivity contribution in [3.05, 3.63) is 69.8 Å². The first-order valence-electron chi connectivity index (χ1n) is 12.0. The first-order valence-corrected chi connectivity index (χ1v) is 12.0. The van der Waals surface area contributed by atoms with E-state index in [0.717, 1.165) is 16.5 Å². The van der Waals surface area contributed by atoms with E-state index in [-0.39, 0.29) is 48.9 Å². The van der Waals surface area contributed by atoms with Gasteiger partial charge in [0.2, 0.25) is 11.8 Å². The third-order valence-electron chi connectivity index (χ3n) is 7.51. The fourth-order valence-corrected chi connectivity index (χ4v) is 5.42. The minimum absolute atomic E-state index is 0.0273. The molecule has 2 aromatic rings. The average Bonchev–Trinajstić information content (AvgIpc) is 3.17. The Kier molecular flexibility index (Phi) is 6.53. The number of benzene rings is 2. The maximum atomic E-state index is 15.7. The molecule has 7 nitrogen and oxygen atoms in total. The molecule has 0 bridgehead atoms. The van der Waals surface area contributed by atoms with Crippen molar-refractivity contribution in [2.45, 2.75) is 56.8 Å². The monoisotopic (exact) mass is 519 g/mol. The van der Waals surface area contributed by atoms with Gasteiger partial charge in [-0.25, -0.2) is 17.6 Å². The molecule has 0 aromatic heterocycles. The summed E-state index contributed by atoms with van der Waals surface area (Å²) in [6, 6.07) is 5.87. The number of likely N-dealkylation sites (tertiary alicyclic amines) is 1. The molecule has 3 heterocycles. The molecule has 11 heteroatoms. The lowest BCUT2D eigenvalue weighted by Crippen LogP contribution is -2.52. The number of nitrogens with one attached hydrogen (secondary N) is 1. The fraction of sp³-hybridized carbons (Fsp3) is 0.423. The zero-order valence-electron chi connectivity index (χ0n) is 19.8. The van der Waals surface area contributed by atoms with Gasteiger partial charge in [-0.1, -0.05) is 24.3 Å². The lowest BCUT2D eigenvalue weighted by Gasteiger charge is -2.39. The zero-order valence-corrected chi connectivity index (χ0v) is 19.8. The second-order valence-electron chi connectivity index (χ2n) is 9.82. The van der Waals surface area contributed by atoms with Crippen LogP contribution < -0.4 is 5.32 Å². The lowest BCUT2D eigenvalue weighted by atomic mass is 9.82. The van der Waals surface area contributed by atoms with Gasteiger partial charge in [0.25, 0.3) is 12.3 Å². The lowest BCUT2D eigenvalue weighted by molar-refractivity contribution is -0.136. The molecular formula is C26H25F4N3O4. The van der Waals surface area contributed by atoms with E-state index in [1.807, 2.05) is 4.90 Å². The van der Waals surface area contributed by atoms with Gasteiger partial charge in [0, 0.05) is 37.2 Å². The maximum Gasteiger partial charge on any atom is 0.263 e. The third kappa shape index (κ3) is 4.61. The molecule has 5 rings (SSSR count). The number of piperidine rings is 2. The molecule has 2 aromatic carbocycles. The predicted octanol–water partition coefficient (Wildman–Crippen LogP) is 3.15. The van der Waals surface area contributed by atoms with Crippen molar-refractivity contribution in [3.8, 4) is 0 Å². The highest BCUT2D eigenvalue weighted by atomic mass is 19.3. The Morgan fingerprint density at radius 2 is 1.76 bits per heavy atom. The van der Waals surface area contributed by atoms with Gasteiger partial charge in [-0.15, -0.1) is 0 Å². The molecule has 196 valence electrons. The largest absolute Gasteiger partial charge is 0.385 e. The first-order chi connectivity index (χ1) is 17.6. The minimum atomic E-state index is -2.55. The van der Waals surface area contributed by atoms with Crippen LogP contribution in [0.2, 0.25) is 0 Å². The second kappa shape index (κ2) is 9.53. The van der Waals surface area contributed by atoms with Crippen molar-refractivity contribution < 1.29 is 37.1 Å². The number of alkyl halides is 2. The quantitative estimate of drug-likeness (QED) is 0.468. The molecular weight excluding hydrogens is 494 g/mol. The molecule has 3 amide bonds. The van der Waals surface area contributed by atoms with E-state index >= 15 is 8.78 Å². The van der Waals surface area contributed by atoms with Gasteiger partial charge in [-0.3, -0.25) is 24.6 Å². The summed E-state index contributed by atoms with van der Waals surface area (Å²) in [5, 5.41) is 13.4. The molecule has 3 aliphatic heterocycles. The molecule has 0 spiro atoms. The van der Waals surface area contributed by atoms with Crippen molar-refractivity contribution >= 4 is 17.7 Å². The number of imide groups is 1. The van der Waals surface area contributed by atoms with E-state index in [4.69, 9.17) is 0 Å². The van der Waals surface area contributed by atoms with Gasteiger partial charge in [0.05, 0.1) is 23.3 Å². The van der Waals surface area contributed by atoms with Gasteiger partial charge >= 0.3 is 0 Å². The molecule has 2 saturated heterocycles. The van der Waals surface area contributed by atoms with E-state index in [2.05, 4.69) is 5.32 Å².